The van der Waals surface area contributed by atoms with Crippen molar-refractivity contribution < 1.29 is 9.15 Å². The lowest BCUT2D eigenvalue weighted by Crippen LogP contribution is -2.44. The highest BCUT2D eigenvalue weighted by Crippen LogP contribution is 2.18. The van der Waals surface area contributed by atoms with E-state index in [1.165, 1.54) is 5.56 Å². The highest BCUT2D eigenvalue weighted by Gasteiger charge is 2.22. The Bertz CT molecular complexity index is 316. The summed E-state index contributed by atoms with van der Waals surface area (Å²) in [6.07, 6.45) is 2.45. The van der Waals surface area contributed by atoms with Crippen LogP contribution in [0.25, 0.3) is 0 Å². The molecular formula is C11H16BrNO2. The Hall–Kier alpha value is -0.320. The zero-order valence-electron chi connectivity index (χ0n) is 9.07. The van der Waals surface area contributed by atoms with Crippen LogP contribution < -0.4 is 0 Å². The Morgan fingerprint density at radius 3 is 2.60 bits per heavy atom. The van der Waals surface area contributed by atoms with E-state index in [9.17, 15) is 0 Å². The Kier molecular flexibility index (Phi) is 3.49. The summed E-state index contributed by atoms with van der Waals surface area (Å²) in [5, 5.41) is 0. The topological polar surface area (TPSA) is 25.6 Å². The van der Waals surface area contributed by atoms with E-state index in [1.807, 2.05) is 6.07 Å². The summed E-state index contributed by atoms with van der Waals surface area (Å²) in [5.74, 6) is 0. The maximum absolute atomic E-state index is 5.68. The summed E-state index contributed by atoms with van der Waals surface area (Å²) in [6, 6.07) is 2.02. The second kappa shape index (κ2) is 4.68. The van der Waals surface area contributed by atoms with E-state index in [2.05, 4.69) is 34.7 Å². The van der Waals surface area contributed by atoms with Crippen LogP contribution in [-0.2, 0) is 11.3 Å². The van der Waals surface area contributed by atoms with Crippen LogP contribution in [0.15, 0.2) is 21.4 Å². The van der Waals surface area contributed by atoms with Crippen LogP contribution in [0.3, 0.4) is 0 Å². The Labute approximate surface area is 98.5 Å². The predicted octanol–water partition coefficient (Wildman–Crippen LogP) is 2.65. The van der Waals surface area contributed by atoms with Crippen molar-refractivity contribution in [2.45, 2.75) is 32.6 Å². The van der Waals surface area contributed by atoms with Gasteiger partial charge in [0.15, 0.2) is 4.67 Å². The van der Waals surface area contributed by atoms with Gasteiger partial charge in [0.2, 0.25) is 0 Å². The first-order valence-corrected chi connectivity index (χ1v) is 6.03. The lowest BCUT2D eigenvalue weighted by atomic mass is 10.2. The maximum atomic E-state index is 5.68. The highest BCUT2D eigenvalue weighted by atomic mass is 79.9. The number of furan rings is 1. The summed E-state index contributed by atoms with van der Waals surface area (Å²) in [7, 11) is 0. The van der Waals surface area contributed by atoms with Crippen molar-refractivity contribution in [3.05, 3.63) is 22.6 Å². The molecule has 2 rings (SSSR count). The number of morpholine rings is 1. The third kappa shape index (κ3) is 3.06. The second-order valence-electron chi connectivity index (χ2n) is 4.21. The summed E-state index contributed by atoms with van der Waals surface area (Å²) >= 11 is 3.31. The van der Waals surface area contributed by atoms with Crippen LogP contribution in [0.2, 0.25) is 0 Å². The largest absolute Gasteiger partial charge is 0.457 e. The highest BCUT2D eigenvalue weighted by molar-refractivity contribution is 9.10. The van der Waals surface area contributed by atoms with Gasteiger partial charge in [-0.1, -0.05) is 0 Å². The number of halogens is 1. The molecule has 84 valence electrons. The molecule has 2 atom stereocenters. The van der Waals surface area contributed by atoms with Gasteiger partial charge in [-0.25, -0.2) is 0 Å². The summed E-state index contributed by atoms with van der Waals surface area (Å²) in [4.78, 5) is 2.40. The molecule has 0 amide bonds. The van der Waals surface area contributed by atoms with E-state index >= 15 is 0 Å². The van der Waals surface area contributed by atoms with Gasteiger partial charge in [-0.2, -0.15) is 0 Å². The molecule has 2 heterocycles. The van der Waals surface area contributed by atoms with Gasteiger partial charge in [-0.05, 0) is 35.8 Å². The molecule has 1 aromatic rings. The van der Waals surface area contributed by atoms with Gasteiger partial charge < -0.3 is 9.15 Å². The zero-order chi connectivity index (χ0) is 10.8. The third-order valence-electron chi connectivity index (χ3n) is 2.52. The van der Waals surface area contributed by atoms with Gasteiger partial charge in [-0.15, -0.1) is 0 Å². The van der Waals surface area contributed by atoms with Gasteiger partial charge in [0.25, 0.3) is 0 Å². The normalized spacial score (nSPS) is 28.2. The van der Waals surface area contributed by atoms with E-state index in [0.29, 0.717) is 12.2 Å². The fourth-order valence-corrected chi connectivity index (χ4v) is 2.49. The van der Waals surface area contributed by atoms with Crippen LogP contribution in [0, 0.1) is 0 Å². The summed E-state index contributed by atoms with van der Waals surface area (Å²) in [6.45, 7) is 7.16. The summed E-state index contributed by atoms with van der Waals surface area (Å²) in [5.41, 5.74) is 1.21. The predicted molar refractivity (Wildman–Crippen MR) is 61.7 cm³/mol. The number of nitrogens with zero attached hydrogens (tertiary/aromatic N) is 1. The number of rotatable bonds is 2. The molecule has 1 aromatic heterocycles. The molecule has 1 aliphatic rings. The fraction of sp³-hybridized carbons (Fsp3) is 0.636. The Balaban J connectivity index is 1.94. The molecule has 15 heavy (non-hydrogen) atoms. The minimum Gasteiger partial charge on any atom is -0.457 e. The van der Waals surface area contributed by atoms with Crippen LogP contribution in [-0.4, -0.2) is 30.2 Å². The summed E-state index contributed by atoms with van der Waals surface area (Å²) < 4.78 is 11.7. The molecule has 3 nitrogen and oxygen atoms in total. The van der Waals surface area contributed by atoms with Crippen molar-refractivity contribution in [3.63, 3.8) is 0 Å². The average Bonchev–Trinajstić information content (AvgIpc) is 2.49. The molecule has 0 saturated carbocycles. The van der Waals surface area contributed by atoms with Crippen LogP contribution in [0.5, 0.6) is 0 Å². The quantitative estimate of drug-likeness (QED) is 0.829. The molecular weight excluding hydrogens is 258 g/mol. The smallest absolute Gasteiger partial charge is 0.169 e. The molecule has 0 spiro atoms. The van der Waals surface area contributed by atoms with Crippen molar-refractivity contribution in [2.75, 3.05) is 13.1 Å². The average molecular weight is 274 g/mol. The third-order valence-corrected chi connectivity index (χ3v) is 2.94. The number of hydrogen-bond donors (Lipinski definition) is 0. The molecule has 1 saturated heterocycles. The van der Waals surface area contributed by atoms with Crippen molar-refractivity contribution >= 4 is 15.9 Å². The minimum atomic E-state index is 0.323. The van der Waals surface area contributed by atoms with E-state index in [0.717, 1.165) is 24.3 Å². The lowest BCUT2D eigenvalue weighted by Gasteiger charge is -2.34. The zero-order valence-corrected chi connectivity index (χ0v) is 10.7. The van der Waals surface area contributed by atoms with Gasteiger partial charge >= 0.3 is 0 Å². The standard InChI is InChI=1S/C11H16BrNO2/c1-8-4-13(5-9(2)15-8)6-10-3-11(12)14-7-10/h3,7-9H,4-6H2,1-2H3. The van der Waals surface area contributed by atoms with Crippen LogP contribution in [0.4, 0.5) is 0 Å². The number of hydrogen-bond acceptors (Lipinski definition) is 3. The molecule has 1 aliphatic heterocycles. The van der Waals surface area contributed by atoms with Crippen LogP contribution in [0.1, 0.15) is 19.4 Å². The Morgan fingerprint density at radius 1 is 1.40 bits per heavy atom. The van der Waals surface area contributed by atoms with E-state index < -0.39 is 0 Å². The van der Waals surface area contributed by atoms with Crippen molar-refractivity contribution in [1.82, 2.24) is 4.90 Å². The maximum Gasteiger partial charge on any atom is 0.169 e. The van der Waals surface area contributed by atoms with Gasteiger partial charge in [0, 0.05) is 25.2 Å². The van der Waals surface area contributed by atoms with Crippen molar-refractivity contribution in [2.24, 2.45) is 0 Å². The van der Waals surface area contributed by atoms with E-state index in [1.54, 1.807) is 6.26 Å². The van der Waals surface area contributed by atoms with Gasteiger partial charge in [-0.3, -0.25) is 4.90 Å². The first kappa shape index (κ1) is 11.2. The minimum absolute atomic E-state index is 0.323. The van der Waals surface area contributed by atoms with Gasteiger partial charge in [0.05, 0.1) is 18.5 Å². The Morgan fingerprint density at radius 2 is 2.07 bits per heavy atom. The number of ether oxygens (including phenoxy) is 1. The molecule has 0 radical (unpaired) electrons. The monoisotopic (exact) mass is 273 g/mol. The molecule has 1 fully saturated rings. The SMILES string of the molecule is CC1CN(Cc2coc(Br)c2)CC(C)O1. The van der Waals surface area contributed by atoms with E-state index in [4.69, 9.17) is 9.15 Å². The first-order chi connectivity index (χ1) is 7.13. The van der Waals surface area contributed by atoms with E-state index in [-0.39, 0.29) is 0 Å². The molecule has 0 N–H and O–H groups in total. The molecule has 4 heteroatoms. The van der Waals surface area contributed by atoms with Crippen molar-refractivity contribution in [1.29, 1.82) is 0 Å². The fourth-order valence-electron chi connectivity index (χ4n) is 2.10. The van der Waals surface area contributed by atoms with Crippen LogP contribution >= 0.6 is 15.9 Å². The van der Waals surface area contributed by atoms with Gasteiger partial charge in [0.1, 0.15) is 0 Å². The second-order valence-corrected chi connectivity index (χ2v) is 4.99. The molecule has 0 aromatic carbocycles. The molecule has 0 bridgehead atoms. The molecule has 0 aliphatic carbocycles. The first-order valence-electron chi connectivity index (χ1n) is 5.24. The lowest BCUT2D eigenvalue weighted by molar-refractivity contribution is -0.0705. The molecule has 2 unspecified atom stereocenters. The van der Waals surface area contributed by atoms with Crippen molar-refractivity contribution in [3.8, 4) is 0 Å².